The number of carboxylic acid groups (broad SMARTS) is 1. The number of rotatable bonds is 1. The van der Waals surface area contributed by atoms with Crippen LogP contribution in [0.4, 0.5) is 0 Å². The van der Waals surface area contributed by atoms with Gasteiger partial charge in [0, 0.05) is 46.0 Å². The number of aromatic nitrogens is 2. The molecule has 2 aromatic heterocycles. The van der Waals surface area contributed by atoms with Crippen LogP contribution >= 0.6 is 0 Å². The number of hydrogen-bond acceptors (Lipinski definition) is 2. The van der Waals surface area contributed by atoms with Crippen LogP contribution in [-0.2, 0) is 7.05 Å². The Hall–Kier alpha value is -8.99. The van der Waals surface area contributed by atoms with Crippen molar-refractivity contribution in [1.29, 1.82) is 0 Å². The van der Waals surface area contributed by atoms with E-state index in [1.165, 1.54) is 0 Å². The molecule has 318 valence electrons. The van der Waals surface area contributed by atoms with E-state index in [1.807, 2.05) is 12.3 Å². The van der Waals surface area contributed by atoms with Gasteiger partial charge in [0.2, 0.25) is 11.4 Å². The molecular formula is C64H41N2O2+. The van der Waals surface area contributed by atoms with Crippen LogP contribution in [0.1, 0.15) is 10.4 Å². The van der Waals surface area contributed by atoms with Gasteiger partial charge in [-0.3, -0.25) is 4.98 Å². The first-order valence-corrected chi connectivity index (χ1v) is 23.0. The zero-order valence-electron chi connectivity index (χ0n) is 37.1. The van der Waals surface area contributed by atoms with Crippen LogP contribution in [-0.4, -0.2) is 16.1 Å². The summed E-state index contributed by atoms with van der Waals surface area (Å²) in [5, 5.41) is 16.8. The molecule has 12 aromatic rings. The lowest BCUT2D eigenvalue weighted by molar-refractivity contribution is -0.649. The molecule has 0 unspecified atom stereocenters. The highest BCUT2D eigenvalue weighted by molar-refractivity contribution is 6.31. The quantitative estimate of drug-likeness (QED) is 0.132. The number of pyridine rings is 2. The lowest BCUT2D eigenvalue weighted by Crippen LogP contribution is -2.33. The first kappa shape index (κ1) is 39.4. The minimum Gasteiger partial charge on any atom is -0.478 e. The summed E-state index contributed by atoms with van der Waals surface area (Å²) in [6.45, 7) is 0. The molecule has 0 atom stereocenters. The number of fused-ring (bicyclic) bond motifs is 1. The summed E-state index contributed by atoms with van der Waals surface area (Å²) in [4.78, 5) is 18.2. The summed E-state index contributed by atoms with van der Waals surface area (Å²) in [6, 6.07) is 77.3. The van der Waals surface area contributed by atoms with E-state index in [1.54, 1.807) is 0 Å². The number of benzene rings is 10. The van der Waals surface area contributed by atoms with Crippen molar-refractivity contribution in [2.75, 3.05) is 0 Å². The molecular weight excluding hydrogens is 829 g/mol. The third-order valence-corrected chi connectivity index (χ3v) is 14.1. The maximum atomic E-state index is 13.3. The van der Waals surface area contributed by atoms with Crippen LogP contribution in [0.2, 0.25) is 0 Å². The average Bonchev–Trinajstić information content (AvgIpc) is 3.40. The van der Waals surface area contributed by atoms with E-state index in [-0.39, 0.29) is 0 Å². The van der Waals surface area contributed by atoms with Crippen molar-refractivity contribution >= 4 is 38.3 Å². The fourth-order valence-corrected chi connectivity index (χ4v) is 10.5. The van der Waals surface area contributed by atoms with Crippen LogP contribution in [0.15, 0.2) is 225 Å². The molecule has 12 aliphatic rings. The molecule has 12 aliphatic heterocycles. The summed E-state index contributed by atoms with van der Waals surface area (Å²) in [5.41, 5.74) is 19.6. The molecule has 4 heteroatoms. The highest BCUT2D eigenvalue weighted by Crippen LogP contribution is 2.45. The molecule has 68 heavy (non-hydrogen) atoms. The summed E-state index contributed by atoms with van der Waals surface area (Å²) in [6.07, 6.45) is 1.95. The Bertz CT molecular complexity index is 3910. The Morgan fingerprint density at radius 3 is 1.24 bits per heavy atom. The van der Waals surface area contributed by atoms with Crippen LogP contribution in [0.25, 0.3) is 133 Å². The lowest BCUT2D eigenvalue weighted by atomic mass is 9.84. The highest BCUT2D eigenvalue weighted by Gasteiger charge is 2.22. The van der Waals surface area contributed by atoms with Gasteiger partial charge >= 0.3 is 5.97 Å². The number of carbonyl (C=O) groups is 1. The van der Waals surface area contributed by atoms with Crippen molar-refractivity contribution < 1.29 is 14.5 Å². The van der Waals surface area contributed by atoms with E-state index in [0.29, 0.717) is 5.56 Å². The van der Waals surface area contributed by atoms with Crippen molar-refractivity contribution in [3.63, 3.8) is 0 Å². The monoisotopic (exact) mass is 869 g/mol. The Balaban J connectivity index is 0.938. The maximum absolute atomic E-state index is 13.3. The summed E-state index contributed by atoms with van der Waals surface area (Å²) in [5.74, 6) is -0.945. The van der Waals surface area contributed by atoms with Gasteiger partial charge in [0.1, 0.15) is 7.05 Å². The normalized spacial score (nSPS) is 11.7. The van der Waals surface area contributed by atoms with Crippen molar-refractivity contribution in [3.8, 4) is 101 Å². The molecule has 0 spiro atoms. The van der Waals surface area contributed by atoms with E-state index >= 15 is 0 Å². The molecule has 0 radical (unpaired) electrons. The van der Waals surface area contributed by atoms with E-state index in [0.717, 1.165) is 133 Å². The maximum Gasteiger partial charge on any atom is 0.336 e. The van der Waals surface area contributed by atoms with E-state index in [2.05, 4.69) is 224 Å². The molecule has 0 saturated heterocycles. The SMILES string of the molecule is C[n+]1c2cccc1-c1ccc(cc1)-c1ccc(cn1)-c1ccc(cc1)-c1ccc(cc1)-c1ccc3ccc4ccc(c5cc(C(=O)O)c1c3c45)-c1ccc(cc1)-c1ccc(cc1)-c1ccc-2cc1. The molecule has 0 amide bonds. The second-order valence-electron chi connectivity index (χ2n) is 17.9. The van der Waals surface area contributed by atoms with Gasteiger partial charge in [-0.05, 0) is 131 Å². The van der Waals surface area contributed by atoms with Gasteiger partial charge in [0.15, 0.2) is 0 Å². The third kappa shape index (κ3) is 6.49. The van der Waals surface area contributed by atoms with E-state index in [9.17, 15) is 9.90 Å². The standard InChI is InChI=1S/C64H40N2O2/c1-66-59-3-2-4-60(66)50-27-23-48(24-28-50)58-36-33-53(38-65-58)45-11-9-41(10-12-45)43-15-21-47(22-16-43)55-35-32-52-30-29-51-31-34-54(56-37-57(64(67)68)63(55)62(52)61(51)56)46-19-13-42(14-20-46)39-5-7-40(8-6-39)44-17-25-49(59)26-18-44/h2-38H,1H3/p+1. The third-order valence-electron chi connectivity index (χ3n) is 14.1. The Morgan fingerprint density at radius 1 is 0.382 bits per heavy atom. The van der Waals surface area contributed by atoms with Gasteiger partial charge in [-0.2, -0.15) is 4.57 Å². The Kier molecular flexibility index (Phi) is 9.02. The Labute approximate surface area is 393 Å². The van der Waals surface area contributed by atoms with Gasteiger partial charge in [-0.25, -0.2) is 4.79 Å². The smallest absolute Gasteiger partial charge is 0.336 e. The number of carboxylic acids is 1. The Morgan fingerprint density at radius 2 is 0.765 bits per heavy atom. The van der Waals surface area contributed by atoms with Gasteiger partial charge in [0.05, 0.1) is 11.3 Å². The molecule has 0 aliphatic carbocycles. The van der Waals surface area contributed by atoms with E-state index < -0.39 is 5.97 Å². The lowest BCUT2D eigenvalue weighted by Gasteiger charge is -2.19. The van der Waals surface area contributed by atoms with Gasteiger partial charge in [0.25, 0.3) is 0 Å². The van der Waals surface area contributed by atoms with Crippen molar-refractivity contribution in [3.05, 3.63) is 230 Å². The molecule has 1 N–H and O–H groups in total. The predicted octanol–water partition coefficient (Wildman–Crippen LogP) is 15.8. The molecule has 22 bridgehead atoms. The van der Waals surface area contributed by atoms with Crippen LogP contribution < -0.4 is 4.57 Å². The van der Waals surface area contributed by atoms with Crippen molar-refractivity contribution in [1.82, 2.24) is 4.98 Å². The molecule has 4 nitrogen and oxygen atoms in total. The fraction of sp³-hybridized carbons (Fsp3) is 0.0156. The highest BCUT2D eigenvalue weighted by atomic mass is 16.4. The number of nitrogens with zero attached hydrogens (tertiary/aromatic N) is 2. The summed E-state index contributed by atoms with van der Waals surface area (Å²) in [7, 11) is 2.13. The largest absolute Gasteiger partial charge is 0.478 e. The first-order valence-electron chi connectivity index (χ1n) is 23.0. The molecule has 10 aromatic carbocycles. The van der Waals surface area contributed by atoms with E-state index in [4.69, 9.17) is 4.98 Å². The number of aromatic carboxylic acids is 1. The molecule has 24 rings (SSSR count). The molecule has 0 saturated carbocycles. The zero-order valence-corrected chi connectivity index (χ0v) is 37.1. The zero-order chi connectivity index (χ0) is 45.5. The fourth-order valence-electron chi connectivity index (χ4n) is 10.5. The first-order chi connectivity index (χ1) is 33.4. The van der Waals surface area contributed by atoms with Crippen molar-refractivity contribution in [2.24, 2.45) is 7.05 Å². The van der Waals surface area contributed by atoms with Crippen LogP contribution in [0.5, 0.6) is 0 Å². The van der Waals surface area contributed by atoms with Crippen LogP contribution in [0.3, 0.4) is 0 Å². The summed E-state index contributed by atoms with van der Waals surface area (Å²) >= 11 is 0. The van der Waals surface area contributed by atoms with Crippen molar-refractivity contribution in [2.45, 2.75) is 0 Å². The second kappa shape index (κ2) is 15.6. The van der Waals surface area contributed by atoms with Gasteiger partial charge in [-0.1, -0.05) is 164 Å². The van der Waals surface area contributed by atoms with Gasteiger partial charge < -0.3 is 5.11 Å². The average molecular weight is 870 g/mol. The topological polar surface area (TPSA) is 54.1 Å². The summed E-state index contributed by atoms with van der Waals surface area (Å²) < 4.78 is 2.26. The minimum absolute atomic E-state index is 0.298. The molecule has 14 heterocycles. The minimum atomic E-state index is -0.945. The number of hydrogen-bond donors (Lipinski definition) is 1. The predicted molar refractivity (Wildman–Crippen MR) is 279 cm³/mol. The second-order valence-corrected chi connectivity index (χ2v) is 17.9. The van der Waals surface area contributed by atoms with Gasteiger partial charge in [-0.15, -0.1) is 0 Å². The molecule has 0 fully saturated rings. The van der Waals surface area contributed by atoms with Crippen LogP contribution in [0, 0.1) is 0 Å².